The standard InChI is InChI=1S/C7H10BN3S/c1-2-12-6-3-5(8)4-10-7(6)11-9/h3-4H,2,9H2,1H3,(H,10,11). The predicted octanol–water partition coefficient (Wildman–Crippen LogP) is 0.273. The fourth-order valence-electron chi connectivity index (χ4n) is 0.834. The lowest BCUT2D eigenvalue weighted by Crippen LogP contribution is -2.13. The third-order valence-corrected chi connectivity index (χ3v) is 2.22. The molecule has 1 heterocycles. The van der Waals surface area contributed by atoms with Gasteiger partial charge < -0.3 is 5.43 Å². The van der Waals surface area contributed by atoms with E-state index < -0.39 is 0 Å². The van der Waals surface area contributed by atoms with Gasteiger partial charge in [-0.3, -0.25) is 0 Å². The SMILES string of the molecule is [B]c1cnc(NN)c(SCC)c1. The van der Waals surface area contributed by atoms with E-state index in [4.69, 9.17) is 13.7 Å². The fraction of sp³-hybridized carbons (Fsp3) is 0.286. The molecule has 0 atom stereocenters. The van der Waals surface area contributed by atoms with Crippen LogP contribution in [0, 0.1) is 0 Å². The largest absolute Gasteiger partial charge is 0.308 e. The number of anilines is 1. The smallest absolute Gasteiger partial charge is 0.153 e. The molecular formula is C7H10BN3S. The number of hydrogen-bond acceptors (Lipinski definition) is 4. The Labute approximate surface area is 77.5 Å². The highest BCUT2D eigenvalue weighted by Crippen LogP contribution is 2.22. The molecule has 0 aliphatic carbocycles. The Hall–Kier alpha value is -0.675. The summed E-state index contributed by atoms with van der Waals surface area (Å²) < 4.78 is 0. The van der Waals surface area contributed by atoms with Crippen molar-refractivity contribution in [1.82, 2.24) is 4.98 Å². The molecule has 0 aliphatic heterocycles. The van der Waals surface area contributed by atoms with E-state index in [0.717, 1.165) is 10.6 Å². The number of hydrogen-bond donors (Lipinski definition) is 2. The average Bonchev–Trinajstić information content (AvgIpc) is 2.05. The zero-order valence-corrected chi connectivity index (χ0v) is 7.69. The van der Waals surface area contributed by atoms with Crippen molar-refractivity contribution in [2.45, 2.75) is 11.8 Å². The quantitative estimate of drug-likeness (QED) is 0.302. The first-order chi connectivity index (χ1) is 5.77. The number of nitrogens with two attached hydrogens (primary N) is 1. The van der Waals surface area contributed by atoms with Crippen LogP contribution >= 0.6 is 11.8 Å². The van der Waals surface area contributed by atoms with Crippen molar-refractivity contribution in [2.24, 2.45) is 5.84 Å². The second kappa shape index (κ2) is 4.38. The molecule has 0 saturated carbocycles. The van der Waals surface area contributed by atoms with Crippen molar-refractivity contribution < 1.29 is 0 Å². The summed E-state index contributed by atoms with van der Waals surface area (Å²) in [4.78, 5) is 5.02. The van der Waals surface area contributed by atoms with Gasteiger partial charge in [0.2, 0.25) is 0 Å². The van der Waals surface area contributed by atoms with Crippen LogP contribution in [0.4, 0.5) is 5.82 Å². The topological polar surface area (TPSA) is 50.9 Å². The van der Waals surface area contributed by atoms with Crippen molar-refractivity contribution >= 4 is 30.9 Å². The van der Waals surface area contributed by atoms with Crippen molar-refractivity contribution in [3.05, 3.63) is 12.3 Å². The highest BCUT2D eigenvalue weighted by molar-refractivity contribution is 7.99. The number of aromatic nitrogens is 1. The number of nitrogen functional groups attached to an aromatic ring is 1. The van der Waals surface area contributed by atoms with E-state index >= 15 is 0 Å². The second-order valence-electron chi connectivity index (χ2n) is 2.19. The zero-order valence-electron chi connectivity index (χ0n) is 6.87. The summed E-state index contributed by atoms with van der Waals surface area (Å²) in [6.07, 6.45) is 1.58. The molecule has 3 N–H and O–H groups in total. The first kappa shape index (κ1) is 9.41. The van der Waals surface area contributed by atoms with E-state index in [1.807, 2.05) is 6.07 Å². The van der Waals surface area contributed by atoms with E-state index in [0.29, 0.717) is 11.3 Å². The minimum Gasteiger partial charge on any atom is -0.308 e. The van der Waals surface area contributed by atoms with Crippen LogP contribution in [0.5, 0.6) is 0 Å². The molecule has 0 bridgehead atoms. The number of thioether (sulfide) groups is 1. The van der Waals surface area contributed by atoms with Gasteiger partial charge in [0.1, 0.15) is 7.85 Å². The maximum Gasteiger partial charge on any atom is 0.153 e. The molecule has 0 aliphatic rings. The van der Waals surface area contributed by atoms with Gasteiger partial charge in [-0.1, -0.05) is 18.5 Å². The average molecular weight is 179 g/mol. The molecule has 5 heteroatoms. The van der Waals surface area contributed by atoms with E-state index in [1.54, 1.807) is 18.0 Å². The molecule has 1 rings (SSSR count). The number of pyridine rings is 1. The normalized spacial score (nSPS) is 9.83. The monoisotopic (exact) mass is 179 g/mol. The van der Waals surface area contributed by atoms with Gasteiger partial charge >= 0.3 is 0 Å². The van der Waals surface area contributed by atoms with Crippen LogP contribution in [-0.2, 0) is 0 Å². The summed E-state index contributed by atoms with van der Waals surface area (Å²) in [6.45, 7) is 2.06. The molecule has 1 aromatic heterocycles. The number of hydrazine groups is 1. The molecule has 2 radical (unpaired) electrons. The van der Waals surface area contributed by atoms with Gasteiger partial charge in [0.15, 0.2) is 5.82 Å². The Kier molecular flexibility index (Phi) is 3.43. The molecule has 0 spiro atoms. The summed E-state index contributed by atoms with van der Waals surface area (Å²) in [5.74, 6) is 6.91. The third kappa shape index (κ3) is 2.15. The molecular weight excluding hydrogens is 169 g/mol. The molecule has 0 amide bonds. The summed E-state index contributed by atoms with van der Waals surface area (Å²) in [5.41, 5.74) is 3.18. The van der Waals surface area contributed by atoms with Crippen molar-refractivity contribution in [3.8, 4) is 0 Å². The molecule has 12 heavy (non-hydrogen) atoms. The maximum absolute atomic E-state index is 5.57. The molecule has 3 nitrogen and oxygen atoms in total. The van der Waals surface area contributed by atoms with Gasteiger partial charge in [-0.2, -0.15) is 0 Å². The zero-order chi connectivity index (χ0) is 8.97. The molecule has 0 aromatic carbocycles. The molecule has 0 unspecified atom stereocenters. The van der Waals surface area contributed by atoms with Gasteiger partial charge in [-0.05, 0) is 5.75 Å². The summed E-state index contributed by atoms with van der Waals surface area (Å²) in [5, 5.41) is 0. The lowest BCUT2D eigenvalue weighted by atomic mass is 9.99. The van der Waals surface area contributed by atoms with Gasteiger partial charge in [-0.15, -0.1) is 11.8 Å². The van der Waals surface area contributed by atoms with Crippen molar-refractivity contribution in [2.75, 3.05) is 11.2 Å². The number of nitrogens with one attached hydrogen (secondary N) is 1. The lowest BCUT2D eigenvalue weighted by molar-refractivity contribution is 1.18. The van der Waals surface area contributed by atoms with Gasteiger partial charge in [0.05, 0.1) is 4.90 Å². The summed E-state index contributed by atoms with van der Waals surface area (Å²) >= 11 is 1.66. The van der Waals surface area contributed by atoms with Crippen LogP contribution < -0.4 is 16.7 Å². The predicted molar refractivity (Wildman–Crippen MR) is 53.8 cm³/mol. The lowest BCUT2D eigenvalue weighted by Gasteiger charge is -2.06. The Balaban J connectivity index is 2.95. The van der Waals surface area contributed by atoms with Crippen molar-refractivity contribution in [1.29, 1.82) is 0 Å². The Bertz CT molecular complexity index is 267. The fourth-order valence-corrected chi connectivity index (χ4v) is 1.61. The molecule has 1 aromatic rings. The van der Waals surface area contributed by atoms with Crippen molar-refractivity contribution in [3.63, 3.8) is 0 Å². The highest BCUT2D eigenvalue weighted by Gasteiger charge is 2.01. The van der Waals surface area contributed by atoms with Crippen LogP contribution in [0.3, 0.4) is 0 Å². The molecule has 0 fully saturated rings. The Morgan fingerprint density at radius 3 is 3.08 bits per heavy atom. The van der Waals surface area contributed by atoms with E-state index in [2.05, 4.69) is 17.3 Å². The maximum atomic E-state index is 5.57. The van der Waals surface area contributed by atoms with E-state index in [9.17, 15) is 0 Å². The van der Waals surface area contributed by atoms with Crippen LogP contribution in [0.25, 0.3) is 0 Å². The van der Waals surface area contributed by atoms with Crippen LogP contribution in [0.2, 0.25) is 0 Å². The van der Waals surface area contributed by atoms with E-state index in [-0.39, 0.29) is 0 Å². The first-order valence-corrected chi connectivity index (χ1v) is 4.61. The summed E-state index contributed by atoms with van der Waals surface area (Å²) in [6, 6.07) is 1.86. The van der Waals surface area contributed by atoms with Gasteiger partial charge in [-0.25, -0.2) is 10.8 Å². The second-order valence-corrected chi connectivity index (χ2v) is 3.50. The van der Waals surface area contributed by atoms with Crippen LogP contribution in [-0.4, -0.2) is 18.6 Å². The Morgan fingerprint density at radius 2 is 2.50 bits per heavy atom. The Morgan fingerprint density at radius 1 is 1.75 bits per heavy atom. The number of nitrogens with zero attached hydrogens (tertiary/aromatic N) is 1. The van der Waals surface area contributed by atoms with Crippen LogP contribution in [0.15, 0.2) is 17.2 Å². The van der Waals surface area contributed by atoms with Gasteiger partial charge in [0.25, 0.3) is 0 Å². The minimum absolute atomic E-state index is 0.657. The molecule has 62 valence electrons. The summed E-state index contributed by atoms with van der Waals surface area (Å²) in [7, 11) is 5.57. The van der Waals surface area contributed by atoms with E-state index in [1.165, 1.54) is 0 Å². The highest BCUT2D eigenvalue weighted by atomic mass is 32.2. The minimum atomic E-state index is 0.657. The third-order valence-electron chi connectivity index (χ3n) is 1.31. The first-order valence-electron chi connectivity index (χ1n) is 3.63. The molecule has 0 saturated heterocycles. The van der Waals surface area contributed by atoms with Crippen LogP contribution in [0.1, 0.15) is 6.92 Å². The number of rotatable bonds is 3. The van der Waals surface area contributed by atoms with Gasteiger partial charge in [0, 0.05) is 6.20 Å².